The summed E-state index contributed by atoms with van der Waals surface area (Å²) >= 11 is 0. The fraction of sp³-hybridized carbons (Fsp3) is 0.385. The summed E-state index contributed by atoms with van der Waals surface area (Å²) in [5.41, 5.74) is 2.48. The van der Waals surface area contributed by atoms with E-state index in [-0.39, 0.29) is 6.61 Å². The number of benzene rings is 1. The lowest BCUT2D eigenvalue weighted by Crippen LogP contribution is -2.04. The molecule has 0 aliphatic carbocycles. The van der Waals surface area contributed by atoms with Gasteiger partial charge in [0, 0.05) is 6.07 Å². The molecule has 0 unspecified atom stereocenters. The molecule has 0 atom stereocenters. The molecule has 0 amide bonds. The number of aromatic nitrogens is 3. The minimum Gasteiger partial charge on any atom is -0.497 e. The van der Waals surface area contributed by atoms with Crippen LogP contribution >= 0.6 is 0 Å². The Hall–Kier alpha value is -1.88. The number of nitrogens with zero attached hydrogens (tertiary/aromatic N) is 3. The summed E-state index contributed by atoms with van der Waals surface area (Å²) in [6.07, 6.45) is 1.81. The van der Waals surface area contributed by atoms with Gasteiger partial charge in [0.25, 0.3) is 0 Å². The average Bonchev–Trinajstić information content (AvgIpc) is 2.82. The highest BCUT2D eigenvalue weighted by Crippen LogP contribution is 2.19. The fourth-order valence-corrected chi connectivity index (χ4v) is 1.89. The van der Waals surface area contributed by atoms with E-state index in [0.717, 1.165) is 30.0 Å². The van der Waals surface area contributed by atoms with Crippen LogP contribution in [-0.4, -0.2) is 27.2 Å². The first-order valence-corrected chi connectivity index (χ1v) is 5.99. The van der Waals surface area contributed by atoms with Crippen LogP contribution in [0.5, 0.6) is 5.75 Å². The van der Waals surface area contributed by atoms with Gasteiger partial charge >= 0.3 is 0 Å². The highest BCUT2D eigenvalue weighted by Gasteiger charge is 2.12. The minimum atomic E-state index is -0.0840. The maximum atomic E-state index is 9.27. The van der Waals surface area contributed by atoms with Crippen LogP contribution in [0.3, 0.4) is 0 Å². The van der Waals surface area contributed by atoms with E-state index in [1.165, 1.54) is 0 Å². The van der Waals surface area contributed by atoms with E-state index in [1.807, 2.05) is 24.3 Å². The van der Waals surface area contributed by atoms with Crippen molar-refractivity contribution in [2.75, 3.05) is 7.11 Å². The number of methoxy groups -OCH3 is 1. The molecule has 5 nitrogen and oxygen atoms in total. The van der Waals surface area contributed by atoms with Gasteiger partial charge in [0.1, 0.15) is 11.4 Å². The highest BCUT2D eigenvalue weighted by atomic mass is 16.5. The predicted molar refractivity (Wildman–Crippen MR) is 67.8 cm³/mol. The van der Waals surface area contributed by atoms with E-state index in [9.17, 15) is 5.11 Å². The van der Waals surface area contributed by atoms with Crippen molar-refractivity contribution in [1.82, 2.24) is 15.0 Å². The maximum absolute atomic E-state index is 9.27. The molecule has 2 rings (SSSR count). The summed E-state index contributed by atoms with van der Waals surface area (Å²) in [5, 5.41) is 17.4. The fourth-order valence-electron chi connectivity index (χ4n) is 1.89. The van der Waals surface area contributed by atoms with E-state index in [0.29, 0.717) is 5.69 Å². The third-order valence-electron chi connectivity index (χ3n) is 2.78. The van der Waals surface area contributed by atoms with Crippen molar-refractivity contribution in [2.45, 2.75) is 26.4 Å². The molecule has 1 aromatic heterocycles. The topological polar surface area (TPSA) is 60.2 Å². The van der Waals surface area contributed by atoms with Gasteiger partial charge in [-0.1, -0.05) is 24.6 Å². The molecule has 1 aromatic carbocycles. The molecule has 0 saturated heterocycles. The smallest absolute Gasteiger partial charge is 0.121 e. The number of rotatable bonds is 5. The molecule has 0 fully saturated rings. The van der Waals surface area contributed by atoms with Crippen molar-refractivity contribution < 1.29 is 9.84 Å². The number of ether oxygens (including phenoxy) is 1. The van der Waals surface area contributed by atoms with Gasteiger partial charge in [-0.15, -0.1) is 5.10 Å². The summed E-state index contributed by atoms with van der Waals surface area (Å²) in [7, 11) is 1.63. The summed E-state index contributed by atoms with van der Waals surface area (Å²) in [5.74, 6) is 0.774. The Morgan fingerprint density at radius 2 is 2.22 bits per heavy atom. The van der Waals surface area contributed by atoms with Gasteiger partial charge in [-0.25, -0.2) is 4.68 Å². The van der Waals surface area contributed by atoms with E-state index in [2.05, 4.69) is 17.2 Å². The molecular weight excluding hydrogens is 230 g/mol. The van der Waals surface area contributed by atoms with Crippen molar-refractivity contribution in [2.24, 2.45) is 0 Å². The van der Waals surface area contributed by atoms with E-state index < -0.39 is 0 Å². The molecule has 1 heterocycles. The Morgan fingerprint density at radius 3 is 2.89 bits per heavy atom. The van der Waals surface area contributed by atoms with Crippen LogP contribution in [0, 0.1) is 0 Å². The van der Waals surface area contributed by atoms with E-state index in [4.69, 9.17) is 4.74 Å². The minimum absolute atomic E-state index is 0.0840. The summed E-state index contributed by atoms with van der Waals surface area (Å²) in [4.78, 5) is 0. The van der Waals surface area contributed by atoms with Crippen LogP contribution in [0.25, 0.3) is 5.69 Å². The van der Waals surface area contributed by atoms with Crippen LogP contribution in [0.2, 0.25) is 0 Å². The first-order chi connectivity index (χ1) is 8.80. The van der Waals surface area contributed by atoms with Crippen molar-refractivity contribution in [1.29, 1.82) is 0 Å². The van der Waals surface area contributed by atoms with Crippen LogP contribution < -0.4 is 4.74 Å². The van der Waals surface area contributed by atoms with Crippen molar-refractivity contribution in [3.05, 3.63) is 35.7 Å². The van der Waals surface area contributed by atoms with Crippen LogP contribution in [0.4, 0.5) is 0 Å². The Kier molecular flexibility index (Phi) is 3.94. The lowest BCUT2D eigenvalue weighted by molar-refractivity contribution is 0.275. The molecule has 1 N–H and O–H groups in total. The average molecular weight is 247 g/mol. The molecule has 2 aromatic rings. The molecule has 0 bridgehead atoms. The van der Waals surface area contributed by atoms with Crippen LogP contribution in [0.15, 0.2) is 24.3 Å². The van der Waals surface area contributed by atoms with Gasteiger partial charge in [-0.05, 0) is 18.6 Å². The number of hydrogen-bond donors (Lipinski definition) is 1. The van der Waals surface area contributed by atoms with Gasteiger partial charge < -0.3 is 9.84 Å². The predicted octanol–water partition coefficient (Wildman–Crippen LogP) is 1.72. The monoisotopic (exact) mass is 247 g/mol. The third kappa shape index (κ3) is 2.36. The summed E-state index contributed by atoms with van der Waals surface area (Å²) in [6, 6.07) is 7.63. The lowest BCUT2D eigenvalue weighted by atomic mass is 10.2. The van der Waals surface area contributed by atoms with Crippen LogP contribution in [0.1, 0.15) is 24.7 Å². The van der Waals surface area contributed by atoms with Gasteiger partial charge in [-0.2, -0.15) is 0 Å². The van der Waals surface area contributed by atoms with Crippen molar-refractivity contribution in [3.8, 4) is 11.4 Å². The molecule has 18 heavy (non-hydrogen) atoms. The van der Waals surface area contributed by atoms with Gasteiger partial charge in [0.15, 0.2) is 0 Å². The van der Waals surface area contributed by atoms with Crippen molar-refractivity contribution in [3.63, 3.8) is 0 Å². The summed E-state index contributed by atoms with van der Waals surface area (Å²) < 4.78 is 6.96. The Morgan fingerprint density at radius 1 is 1.39 bits per heavy atom. The first kappa shape index (κ1) is 12.6. The molecule has 0 aliphatic heterocycles. The normalized spacial score (nSPS) is 10.6. The molecule has 0 radical (unpaired) electrons. The van der Waals surface area contributed by atoms with Gasteiger partial charge in [0.2, 0.25) is 0 Å². The van der Waals surface area contributed by atoms with E-state index >= 15 is 0 Å². The number of hydrogen-bond acceptors (Lipinski definition) is 4. The lowest BCUT2D eigenvalue weighted by Gasteiger charge is -2.08. The third-order valence-corrected chi connectivity index (χ3v) is 2.78. The molecule has 5 heteroatoms. The second-order valence-corrected chi connectivity index (χ2v) is 4.00. The molecule has 0 aliphatic rings. The van der Waals surface area contributed by atoms with Crippen molar-refractivity contribution >= 4 is 0 Å². The Balaban J connectivity index is 2.45. The SMILES string of the molecule is CCCc1c(CO)nnn1-c1cccc(OC)c1. The van der Waals surface area contributed by atoms with E-state index in [1.54, 1.807) is 11.8 Å². The van der Waals surface area contributed by atoms with Gasteiger partial charge in [-0.3, -0.25) is 0 Å². The Bertz CT molecular complexity index is 523. The zero-order valence-corrected chi connectivity index (χ0v) is 10.6. The molecule has 0 spiro atoms. The second kappa shape index (κ2) is 5.64. The largest absolute Gasteiger partial charge is 0.497 e. The maximum Gasteiger partial charge on any atom is 0.121 e. The Labute approximate surface area is 106 Å². The number of aliphatic hydroxyl groups excluding tert-OH is 1. The number of aliphatic hydroxyl groups is 1. The second-order valence-electron chi connectivity index (χ2n) is 4.00. The highest BCUT2D eigenvalue weighted by molar-refractivity contribution is 5.40. The zero-order valence-electron chi connectivity index (χ0n) is 10.6. The molecular formula is C13H17N3O2. The molecule has 96 valence electrons. The molecule has 0 saturated carbocycles. The first-order valence-electron chi connectivity index (χ1n) is 5.99. The summed E-state index contributed by atoms with van der Waals surface area (Å²) in [6.45, 7) is 2.00. The van der Waals surface area contributed by atoms with Crippen LogP contribution in [-0.2, 0) is 13.0 Å². The quantitative estimate of drug-likeness (QED) is 0.874. The van der Waals surface area contributed by atoms with Gasteiger partial charge in [0.05, 0.1) is 25.1 Å². The zero-order chi connectivity index (χ0) is 13.0. The standard InChI is InChI=1S/C13H17N3O2/c1-3-5-13-12(9-17)14-15-16(13)10-6-4-7-11(8-10)18-2/h4,6-8,17H,3,5,9H2,1-2H3.